The van der Waals surface area contributed by atoms with Crippen LogP contribution < -0.4 is 5.73 Å². The lowest BCUT2D eigenvalue weighted by molar-refractivity contribution is 0.277. The first-order chi connectivity index (χ1) is 7.56. The third-order valence-electron chi connectivity index (χ3n) is 3.14. The van der Waals surface area contributed by atoms with Crippen molar-refractivity contribution in [2.45, 2.75) is 31.4 Å². The van der Waals surface area contributed by atoms with Crippen molar-refractivity contribution in [1.29, 1.82) is 5.26 Å². The summed E-state index contributed by atoms with van der Waals surface area (Å²) in [5.74, 6) is 0.425. The summed E-state index contributed by atoms with van der Waals surface area (Å²) in [5.41, 5.74) is 5.55. The molecule has 0 radical (unpaired) electrons. The predicted octanol–water partition coefficient (Wildman–Crippen LogP) is 0.289. The third-order valence-corrected chi connectivity index (χ3v) is 5.38. The van der Waals surface area contributed by atoms with Crippen molar-refractivity contribution in [2.75, 3.05) is 19.6 Å². The van der Waals surface area contributed by atoms with Crippen LogP contribution in [0.5, 0.6) is 0 Å². The zero-order valence-electron chi connectivity index (χ0n) is 9.59. The monoisotopic (exact) mass is 245 g/mol. The lowest BCUT2D eigenvalue weighted by atomic mass is 9.99. The minimum absolute atomic E-state index is 0.343. The molecule has 0 aromatic rings. The number of hydrogen-bond acceptors (Lipinski definition) is 4. The average molecular weight is 245 g/mol. The average Bonchev–Trinajstić information content (AvgIpc) is 2.30. The van der Waals surface area contributed by atoms with Gasteiger partial charge in [-0.3, -0.25) is 0 Å². The molecule has 1 rings (SSSR count). The summed E-state index contributed by atoms with van der Waals surface area (Å²) < 4.78 is 25.5. The molecule has 5 nitrogen and oxygen atoms in total. The molecule has 0 aliphatic carbocycles. The number of nitrogens with zero attached hydrogens (tertiary/aromatic N) is 2. The summed E-state index contributed by atoms with van der Waals surface area (Å²) in [6, 6.07) is 1.86. The van der Waals surface area contributed by atoms with Gasteiger partial charge in [-0.05, 0) is 31.7 Å². The molecule has 1 aliphatic rings. The lowest BCUT2D eigenvalue weighted by Crippen LogP contribution is -2.43. The number of rotatable bonds is 4. The maximum absolute atomic E-state index is 12.0. The number of nitriles is 1. The Balaban J connectivity index is 2.69. The van der Waals surface area contributed by atoms with Gasteiger partial charge in [0.2, 0.25) is 10.0 Å². The normalized spacial score (nSPS) is 21.6. The molecule has 0 amide bonds. The summed E-state index contributed by atoms with van der Waals surface area (Å²) >= 11 is 0. The third kappa shape index (κ3) is 2.73. The summed E-state index contributed by atoms with van der Waals surface area (Å²) in [5, 5.41) is 7.91. The summed E-state index contributed by atoms with van der Waals surface area (Å²) in [7, 11) is -3.42. The quantitative estimate of drug-likeness (QED) is 0.771. The number of sulfonamides is 1. The van der Waals surface area contributed by atoms with Crippen LogP contribution in [0.15, 0.2) is 0 Å². The number of nitrogens with two attached hydrogens (primary N) is 1. The van der Waals surface area contributed by atoms with Crippen molar-refractivity contribution in [3.8, 4) is 6.07 Å². The topological polar surface area (TPSA) is 87.2 Å². The molecule has 1 fully saturated rings. The number of hydrogen-bond donors (Lipinski definition) is 1. The fraction of sp³-hybridized carbons (Fsp3) is 0.900. The van der Waals surface area contributed by atoms with E-state index in [0.717, 1.165) is 12.8 Å². The van der Waals surface area contributed by atoms with Gasteiger partial charge in [-0.25, -0.2) is 12.7 Å². The Bertz CT molecular complexity index is 353. The van der Waals surface area contributed by atoms with Crippen LogP contribution >= 0.6 is 0 Å². The molecule has 1 atom stereocenters. The van der Waals surface area contributed by atoms with Crippen LogP contribution in [0, 0.1) is 17.2 Å². The first-order valence-electron chi connectivity index (χ1n) is 5.64. The standard InChI is InChI=1S/C10H19N3O2S/c1-2-10(8-12)16(14,15)13-5-3-9(7-11)4-6-13/h9-10H,2-7,11H2,1H3. The van der Waals surface area contributed by atoms with E-state index < -0.39 is 15.3 Å². The molecule has 1 aliphatic heterocycles. The Morgan fingerprint density at radius 3 is 2.44 bits per heavy atom. The van der Waals surface area contributed by atoms with Crippen LogP contribution in [0.1, 0.15) is 26.2 Å². The van der Waals surface area contributed by atoms with Crippen molar-refractivity contribution < 1.29 is 8.42 Å². The van der Waals surface area contributed by atoms with Gasteiger partial charge < -0.3 is 5.73 Å². The smallest absolute Gasteiger partial charge is 0.230 e. The van der Waals surface area contributed by atoms with E-state index in [1.165, 1.54) is 4.31 Å². The van der Waals surface area contributed by atoms with Crippen molar-refractivity contribution in [2.24, 2.45) is 11.7 Å². The molecule has 92 valence electrons. The molecule has 1 heterocycles. The van der Waals surface area contributed by atoms with Crippen LogP contribution in [-0.2, 0) is 10.0 Å². The van der Waals surface area contributed by atoms with Crippen LogP contribution in [0.25, 0.3) is 0 Å². The molecule has 0 bridgehead atoms. The van der Waals surface area contributed by atoms with Gasteiger partial charge in [0, 0.05) is 13.1 Å². The fourth-order valence-corrected chi connectivity index (χ4v) is 3.58. The van der Waals surface area contributed by atoms with Gasteiger partial charge in [-0.2, -0.15) is 5.26 Å². The van der Waals surface area contributed by atoms with Crippen LogP contribution in [0.3, 0.4) is 0 Å². The van der Waals surface area contributed by atoms with Crippen molar-refractivity contribution in [1.82, 2.24) is 4.31 Å². The molecular weight excluding hydrogens is 226 g/mol. The van der Waals surface area contributed by atoms with Gasteiger partial charge in [0.1, 0.15) is 0 Å². The Hall–Kier alpha value is -0.640. The number of piperidine rings is 1. The van der Waals surface area contributed by atoms with E-state index in [9.17, 15) is 8.42 Å². The van der Waals surface area contributed by atoms with Crippen LogP contribution in [0.2, 0.25) is 0 Å². The van der Waals surface area contributed by atoms with Gasteiger partial charge in [0.15, 0.2) is 5.25 Å². The highest BCUT2D eigenvalue weighted by molar-refractivity contribution is 7.90. The van der Waals surface area contributed by atoms with E-state index in [1.54, 1.807) is 6.92 Å². The Morgan fingerprint density at radius 2 is 2.06 bits per heavy atom. The molecule has 6 heteroatoms. The molecule has 0 saturated carbocycles. The van der Waals surface area contributed by atoms with E-state index in [-0.39, 0.29) is 0 Å². The predicted molar refractivity (Wildman–Crippen MR) is 62.0 cm³/mol. The maximum Gasteiger partial charge on any atom is 0.230 e. The molecule has 16 heavy (non-hydrogen) atoms. The Labute approximate surface area is 97.3 Å². The second kappa shape index (κ2) is 5.62. The van der Waals surface area contributed by atoms with E-state index in [4.69, 9.17) is 11.0 Å². The van der Waals surface area contributed by atoms with Gasteiger partial charge in [-0.1, -0.05) is 6.92 Å². The highest BCUT2D eigenvalue weighted by atomic mass is 32.2. The molecule has 2 N–H and O–H groups in total. The van der Waals surface area contributed by atoms with Gasteiger partial charge in [0.05, 0.1) is 6.07 Å². The summed E-state index contributed by atoms with van der Waals surface area (Å²) in [6.45, 7) is 3.34. The van der Waals surface area contributed by atoms with Crippen LogP contribution in [-0.4, -0.2) is 37.6 Å². The van der Waals surface area contributed by atoms with Gasteiger partial charge >= 0.3 is 0 Å². The minimum Gasteiger partial charge on any atom is -0.330 e. The molecule has 0 spiro atoms. The molecular formula is C10H19N3O2S. The van der Waals surface area contributed by atoms with Crippen LogP contribution in [0.4, 0.5) is 0 Å². The Morgan fingerprint density at radius 1 is 1.50 bits per heavy atom. The van der Waals surface area contributed by atoms with Gasteiger partial charge in [0.25, 0.3) is 0 Å². The van der Waals surface area contributed by atoms with E-state index in [2.05, 4.69) is 0 Å². The fourth-order valence-electron chi connectivity index (χ4n) is 1.95. The minimum atomic E-state index is -3.42. The van der Waals surface area contributed by atoms with Crippen molar-refractivity contribution >= 4 is 10.0 Å². The van der Waals surface area contributed by atoms with Crippen molar-refractivity contribution in [3.63, 3.8) is 0 Å². The Kier molecular flexibility index (Phi) is 4.71. The second-order valence-corrected chi connectivity index (χ2v) is 6.26. The first kappa shape index (κ1) is 13.4. The second-order valence-electron chi connectivity index (χ2n) is 4.15. The highest BCUT2D eigenvalue weighted by Crippen LogP contribution is 2.21. The van der Waals surface area contributed by atoms with Crippen molar-refractivity contribution in [3.05, 3.63) is 0 Å². The van der Waals surface area contributed by atoms with Gasteiger partial charge in [-0.15, -0.1) is 0 Å². The summed E-state index contributed by atoms with van der Waals surface area (Å²) in [4.78, 5) is 0. The zero-order chi connectivity index (χ0) is 12.2. The lowest BCUT2D eigenvalue weighted by Gasteiger charge is -2.31. The first-order valence-corrected chi connectivity index (χ1v) is 7.15. The van der Waals surface area contributed by atoms with E-state index >= 15 is 0 Å². The zero-order valence-corrected chi connectivity index (χ0v) is 10.4. The highest BCUT2D eigenvalue weighted by Gasteiger charge is 2.33. The largest absolute Gasteiger partial charge is 0.330 e. The molecule has 0 aromatic carbocycles. The molecule has 1 saturated heterocycles. The molecule has 0 aromatic heterocycles. The SMILES string of the molecule is CCC(C#N)S(=O)(=O)N1CCC(CN)CC1. The summed E-state index contributed by atoms with van der Waals surface area (Å²) in [6.07, 6.45) is 1.95. The maximum atomic E-state index is 12.0. The van der Waals surface area contributed by atoms with E-state index in [0.29, 0.717) is 32.0 Å². The molecule has 1 unspecified atom stereocenters. The van der Waals surface area contributed by atoms with E-state index in [1.807, 2.05) is 6.07 Å².